The summed E-state index contributed by atoms with van der Waals surface area (Å²) in [7, 11) is 0. The predicted molar refractivity (Wildman–Crippen MR) is 121 cm³/mol. The lowest BCUT2D eigenvalue weighted by atomic mass is 9.99. The first-order valence-corrected chi connectivity index (χ1v) is 10.8. The topological polar surface area (TPSA) is 89.5 Å². The average molecular weight is 481 g/mol. The SMILES string of the molecule is O=C(c1cccc([N+](=O)[O-])c1)N1CCC[C@H]1c1nc2cc(-c3ccccc3C(F)(F)F)ccc2o1. The molecular formula is C25H18F3N3O4. The fourth-order valence-electron chi connectivity index (χ4n) is 4.42. The minimum Gasteiger partial charge on any atom is -0.438 e. The molecule has 10 heteroatoms. The van der Waals surface area contributed by atoms with E-state index in [9.17, 15) is 28.1 Å². The van der Waals surface area contributed by atoms with Crippen LogP contribution < -0.4 is 0 Å². The van der Waals surface area contributed by atoms with Crippen molar-refractivity contribution in [3.8, 4) is 11.1 Å². The Kier molecular flexibility index (Phi) is 5.50. The van der Waals surface area contributed by atoms with Crippen molar-refractivity contribution in [3.63, 3.8) is 0 Å². The number of benzene rings is 3. The minimum absolute atomic E-state index is 0.0368. The minimum atomic E-state index is -4.50. The van der Waals surface area contributed by atoms with Crippen LogP contribution >= 0.6 is 0 Å². The van der Waals surface area contributed by atoms with Crippen molar-refractivity contribution in [2.24, 2.45) is 0 Å². The van der Waals surface area contributed by atoms with Gasteiger partial charge in [-0.3, -0.25) is 14.9 Å². The lowest BCUT2D eigenvalue weighted by molar-refractivity contribution is -0.384. The van der Waals surface area contributed by atoms with Crippen LogP contribution in [0.25, 0.3) is 22.2 Å². The van der Waals surface area contributed by atoms with Gasteiger partial charge in [-0.2, -0.15) is 13.2 Å². The fraction of sp³-hybridized carbons (Fsp3) is 0.200. The van der Waals surface area contributed by atoms with Crippen LogP contribution in [0.4, 0.5) is 18.9 Å². The number of oxazole rings is 1. The number of alkyl halides is 3. The number of aromatic nitrogens is 1. The van der Waals surface area contributed by atoms with Gasteiger partial charge in [0.1, 0.15) is 11.6 Å². The Hall–Kier alpha value is -4.21. The molecule has 3 aromatic carbocycles. The van der Waals surface area contributed by atoms with Crippen LogP contribution in [-0.4, -0.2) is 27.3 Å². The summed E-state index contributed by atoms with van der Waals surface area (Å²) in [5.74, 6) is -0.101. The number of likely N-dealkylation sites (tertiary alicyclic amines) is 1. The van der Waals surface area contributed by atoms with Crippen LogP contribution in [0, 0.1) is 10.1 Å². The number of fused-ring (bicyclic) bond motifs is 1. The van der Waals surface area contributed by atoms with Crippen LogP contribution in [0.5, 0.6) is 0 Å². The molecule has 1 aliphatic heterocycles. The maximum atomic E-state index is 13.5. The Morgan fingerprint density at radius 1 is 1.09 bits per heavy atom. The van der Waals surface area contributed by atoms with Crippen molar-refractivity contribution < 1.29 is 27.3 Å². The molecule has 178 valence electrons. The molecule has 35 heavy (non-hydrogen) atoms. The number of halogens is 3. The first-order valence-electron chi connectivity index (χ1n) is 10.8. The number of hydrogen-bond acceptors (Lipinski definition) is 5. The molecule has 0 saturated carbocycles. The van der Waals surface area contributed by atoms with Gasteiger partial charge in [-0.1, -0.05) is 30.3 Å². The Balaban J connectivity index is 1.47. The highest BCUT2D eigenvalue weighted by Gasteiger charge is 2.35. The van der Waals surface area contributed by atoms with E-state index in [-0.39, 0.29) is 28.6 Å². The zero-order valence-corrected chi connectivity index (χ0v) is 18.2. The molecule has 1 saturated heterocycles. The third-order valence-corrected chi connectivity index (χ3v) is 6.05. The molecule has 0 radical (unpaired) electrons. The lowest BCUT2D eigenvalue weighted by Gasteiger charge is -2.22. The van der Waals surface area contributed by atoms with Gasteiger partial charge in [0.2, 0.25) is 5.89 Å². The quantitative estimate of drug-likeness (QED) is 0.249. The zero-order valence-electron chi connectivity index (χ0n) is 18.2. The van der Waals surface area contributed by atoms with Gasteiger partial charge < -0.3 is 9.32 Å². The van der Waals surface area contributed by atoms with Crippen LogP contribution in [0.1, 0.15) is 40.7 Å². The van der Waals surface area contributed by atoms with Crippen molar-refractivity contribution in [2.75, 3.05) is 6.54 Å². The molecule has 0 unspecified atom stereocenters. The second kappa shape index (κ2) is 8.53. The van der Waals surface area contributed by atoms with Crippen LogP contribution in [0.15, 0.2) is 71.1 Å². The van der Waals surface area contributed by atoms with Crippen molar-refractivity contribution in [1.29, 1.82) is 0 Å². The predicted octanol–water partition coefficient (Wildman–Crippen LogP) is 6.40. The van der Waals surface area contributed by atoms with E-state index < -0.39 is 22.7 Å². The van der Waals surface area contributed by atoms with E-state index in [1.54, 1.807) is 23.1 Å². The highest BCUT2D eigenvalue weighted by atomic mass is 19.4. The van der Waals surface area contributed by atoms with E-state index in [0.29, 0.717) is 36.0 Å². The van der Waals surface area contributed by atoms with Crippen LogP contribution in [-0.2, 0) is 6.18 Å². The summed E-state index contributed by atoms with van der Waals surface area (Å²) < 4.78 is 46.3. The number of nitrogens with zero attached hydrogens (tertiary/aromatic N) is 3. The summed E-state index contributed by atoms with van der Waals surface area (Å²) in [6, 6.07) is 15.0. The summed E-state index contributed by atoms with van der Waals surface area (Å²) in [5, 5.41) is 11.1. The van der Waals surface area contributed by atoms with Gasteiger partial charge in [-0.15, -0.1) is 0 Å². The second-order valence-corrected chi connectivity index (χ2v) is 8.24. The third kappa shape index (κ3) is 4.23. The molecule has 1 fully saturated rings. The second-order valence-electron chi connectivity index (χ2n) is 8.24. The van der Waals surface area contributed by atoms with E-state index in [1.165, 1.54) is 42.5 Å². The number of carbonyl (C=O) groups excluding carboxylic acids is 1. The Morgan fingerprint density at radius 2 is 1.89 bits per heavy atom. The Bertz CT molecular complexity index is 1450. The van der Waals surface area contributed by atoms with E-state index in [2.05, 4.69) is 4.98 Å². The summed E-state index contributed by atoms with van der Waals surface area (Å²) in [6.45, 7) is 0.426. The van der Waals surface area contributed by atoms with Gasteiger partial charge in [-0.05, 0) is 48.2 Å². The van der Waals surface area contributed by atoms with Gasteiger partial charge in [0.15, 0.2) is 5.58 Å². The molecule has 1 aromatic heterocycles. The van der Waals surface area contributed by atoms with Crippen molar-refractivity contribution in [3.05, 3.63) is 93.9 Å². The number of amides is 1. The first-order chi connectivity index (χ1) is 16.7. The van der Waals surface area contributed by atoms with Gasteiger partial charge in [0.05, 0.1) is 10.5 Å². The lowest BCUT2D eigenvalue weighted by Crippen LogP contribution is -2.30. The first kappa shape index (κ1) is 22.6. The number of rotatable bonds is 4. The maximum Gasteiger partial charge on any atom is 0.417 e. The molecule has 0 bridgehead atoms. The molecule has 5 rings (SSSR count). The monoisotopic (exact) mass is 481 g/mol. The van der Waals surface area contributed by atoms with E-state index in [1.807, 2.05) is 0 Å². The number of carbonyl (C=O) groups is 1. The molecule has 1 aliphatic rings. The van der Waals surface area contributed by atoms with Gasteiger partial charge in [0.25, 0.3) is 11.6 Å². The number of nitro benzene ring substituents is 1. The molecule has 0 N–H and O–H groups in total. The van der Waals surface area contributed by atoms with E-state index in [4.69, 9.17) is 4.42 Å². The highest BCUT2D eigenvalue weighted by Crippen LogP contribution is 2.39. The molecule has 1 atom stereocenters. The van der Waals surface area contributed by atoms with Crippen LogP contribution in [0.2, 0.25) is 0 Å². The summed E-state index contributed by atoms with van der Waals surface area (Å²) in [5.41, 5.74) is 0.420. The molecule has 0 spiro atoms. The highest BCUT2D eigenvalue weighted by molar-refractivity contribution is 5.95. The number of nitro groups is 1. The molecule has 4 aromatic rings. The summed E-state index contributed by atoms with van der Waals surface area (Å²) in [4.78, 5) is 29.7. The Labute approximate surface area is 196 Å². The molecular weight excluding hydrogens is 463 g/mol. The molecule has 1 amide bonds. The zero-order chi connectivity index (χ0) is 24.7. The van der Waals surface area contributed by atoms with Crippen LogP contribution in [0.3, 0.4) is 0 Å². The standard InChI is InChI=1S/C25H18F3N3O4/c26-25(27,28)19-8-2-1-7-18(19)15-10-11-22-20(14-15)29-23(35-22)21-9-4-12-30(21)24(32)16-5-3-6-17(13-16)31(33)34/h1-3,5-8,10-11,13-14,21H,4,9,12H2/t21-/m0/s1. The summed E-state index contributed by atoms with van der Waals surface area (Å²) in [6.07, 6.45) is -3.23. The third-order valence-electron chi connectivity index (χ3n) is 6.05. The van der Waals surface area contributed by atoms with Gasteiger partial charge in [-0.25, -0.2) is 4.98 Å². The normalized spacial score (nSPS) is 16.1. The largest absolute Gasteiger partial charge is 0.438 e. The van der Waals surface area contributed by atoms with E-state index in [0.717, 1.165) is 6.07 Å². The number of hydrogen-bond donors (Lipinski definition) is 0. The molecule has 2 heterocycles. The smallest absolute Gasteiger partial charge is 0.417 e. The molecule has 0 aliphatic carbocycles. The van der Waals surface area contributed by atoms with Gasteiger partial charge in [0, 0.05) is 24.2 Å². The number of non-ortho nitro benzene ring substituents is 1. The molecule has 7 nitrogen and oxygen atoms in total. The van der Waals surface area contributed by atoms with Crippen molar-refractivity contribution >= 4 is 22.7 Å². The van der Waals surface area contributed by atoms with Crippen molar-refractivity contribution in [1.82, 2.24) is 9.88 Å². The van der Waals surface area contributed by atoms with Crippen molar-refractivity contribution in [2.45, 2.75) is 25.1 Å². The fourth-order valence-corrected chi connectivity index (χ4v) is 4.42. The van der Waals surface area contributed by atoms with Gasteiger partial charge >= 0.3 is 6.18 Å². The Morgan fingerprint density at radius 3 is 2.66 bits per heavy atom. The van der Waals surface area contributed by atoms with E-state index >= 15 is 0 Å². The average Bonchev–Trinajstić information content (AvgIpc) is 3.49. The summed E-state index contributed by atoms with van der Waals surface area (Å²) >= 11 is 0. The maximum absolute atomic E-state index is 13.5.